The summed E-state index contributed by atoms with van der Waals surface area (Å²) in [5.41, 5.74) is 4.65. The van der Waals surface area contributed by atoms with Crippen molar-refractivity contribution in [3.8, 4) is 5.75 Å². The van der Waals surface area contributed by atoms with E-state index >= 15 is 0 Å². The molecule has 4 rings (SSSR count). The van der Waals surface area contributed by atoms with Gasteiger partial charge in [0.1, 0.15) is 5.75 Å². The van der Waals surface area contributed by atoms with E-state index < -0.39 is 0 Å². The molecule has 0 N–H and O–H groups in total. The van der Waals surface area contributed by atoms with Crippen molar-refractivity contribution in [3.63, 3.8) is 0 Å². The van der Waals surface area contributed by atoms with Gasteiger partial charge in [-0.25, -0.2) is 4.98 Å². The van der Waals surface area contributed by atoms with Crippen LogP contribution in [-0.2, 0) is 6.54 Å². The Morgan fingerprint density at radius 1 is 1.06 bits per heavy atom. The molecule has 0 radical (unpaired) electrons. The summed E-state index contributed by atoms with van der Waals surface area (Å²) in [4.78, 5) is 24.6. The van der Waals surface area contributed by atoms with Gasteiger partial charge in [0.25, 0.3) is 5.91 Å². The molecule has 6 heteroatoms. The Kier molecular flexibility index (Phi) is 7.35. The van der Waals surface area contributed by atoms with E-state index in [9.17, 15) is 4.79 Å². The van der Waals surface area contributed by atoms with Crippen LogP contribution in [0.25, 0.3) is 10.2 Å². The van der Waals surface area contributed by atoms with Crippen LogP contribution in [-0.4, -0.2) is 22.5 Å². The van der Waals surface area contributed by atoms with Crippen LogP contribution in [0, 0.1) is 13.8 Å². The van der Waals surface area contributed by atoms with Crippen LogP contribution in [0.1, 0.15) is 53.4 Å². The zero-order valence-corrected chi connectivity index (χ0v) is 20.2. The lowest BCUT2D eigenvalue weighted by Crippen LogP contribution is -2.30. The maximum Gasteiger partial charge on any atom is 0.260 e. The summed E-state index contributed by atoms with van der Waals surface area (Å²) in [6.07, 6.45) is 5.09. The Hall–Kier alpha value is -3.25. The molecular weight excluding hydrogens is 430 g/mol. The lowest BCUT2D eigenvalue weighted by atomic mass is 10.1. The molecule has 0 aliphatic carbocycles. The number of amides is 1. The number of unbranched alkanes of at least 4 members (excludes halogenated alkanes) is 2. The number of aromatic nitrogens is 2. The molecular formula is C27H29N3O2S. The van der Waals surface area contributed by atoms with Crippen molar-refractivity contribution in [1.29, 1.82) is 0 Å². The first-order chi connectivity index (χ1) is 16.0. The third-order valence-electron chi connectivity index (χ3n) is 5.46. The number of ether oxygens (including phenoxy) is 1. The Labute approximate surface area is 199 Å². The summed E-state index contributed by atoms with van der Waals surface area (Å²) in [6.45, 7) is 7.35. The Morgan fingerprint density at radius 3 is 2.61 bits per heavy atom. The summed E-state index contributed by atoms with van der Waals surface area (Å²) in [6, 6.07) is 17.4. The predicted octanol–water partition coefficient (Wildman–Crippen LogP) is 6.72. The van der Waals surface area contributed by atoms with Gasteiger partial charge in [-0.15, -0.1) is 0 Å². The number of fused-ring (bicyclic) bond motifs is 1. The summed E-state index contributed by atoms with van der Waals surface area (Å²) in [7, 11) is 0. The molecule has 0 saturated carbocycles. The van der Waals surface area contributed by atoms with Crippen molar-refractivity contribution < 1.29 is 9.53 Å². The standard InChI is InChI=1S/C27H29N3O2S/c1-4-5-8-15-32-23-12-10-21(11-13-23)26(31)30(18-22-9-6-7-14-28-22)27-29-25-20(3)16-19(2)17-24(25)33-27/h6-7,9-14,16-17H,4-5,8,15,18H2,1-3H3. The van der Waals surface area contributed by atoms with Crippen molar-refractivity contribution in [3.05, 3.63) is 83.2 Å². The first kappa shape index (κ1) is 22.9. The van der Waals surface area contributed by atoms with Gasteiger partial charge in [0.2, 0.25) is 0 Å². The summed E-state index contributed by atoms with van der Waals surface area (Å²) >= 11 is 1.54. The van der Waals surface area contributed by atoms with Gasteiger partial charge < -0.3 is 4.74 Å². The van der Waals surface area contributed by atoms with E-state index in [1.165, 1.54) is 16.9 Å². The minimum atomic E-state index is -0.105. The molecule has 0 unspecified atom stereocenters. The number of aryl methyl sites for hydroxylation is 2. The number of rotatable bonds is 9. The van der Waals surface area contributed by atoms with E-state index in [4.69, 9.17) is 9.72 Å². The second-order valence-corrected chi connectivity index (χ2v) is 9.23. The molecule has 0 aliphatic rings. The first-order valence-electron chi connectivity index (χ1n) is 11.4. The Morgan fingerprint density at radius 2 is 1.88 bits per heavy atom. The summed E-state index contributed by atoms with van der Waals surface area (Å²) < 4.78 is 6.88. The molecule has 0 fully saturated rings. The fourth-order valence-electron chi connectivity index (χ4n) is 3.75. The van der Waals surface area contributed by atoms with Crippen molar-refractivity contribution in [2.24, 2.45) is 0 Å². The topological polar surface area (TPSA) is 55.3 Å². The van der Waals surface area contributed by atoms with E-state index in [-0.39, 0.29) is 5.91 Å². The van der Waals surface area contributed by atoms with Crippen LogP contribution < -0.4 is 9.64 Å². The number of carbonyl (C=O) groups excluding carboxylic acids is 1. The van der Waals surface area contributed by atoms with Crippen LogP contribution >= 0.6 is 11.3 Å². The van der Waals surface area contributed by atoms with Gasteiger partial charge in [0.05, 0.1) is 29.1 Å². The third kappa shape index (κ3) is 5.57. The third-order valence-corrected chi connectivity index (χ3v) is 6.48. The molecule has 2 heterocycles. The molecule has 0 saturated heterocycles. The van der Waals surface area contributed by atoms with E-state index in [1.54, 1.807) is 11.1 Å². The van der Waals surface area contributed by atoms with Crippen molar-refractivity contribution in [1.82, 2.24) is 9.97 Å². The van der Waals surface area contributed by atoms with E-state index in [0.29, 0.717) is 23.8 Å². The van der Waals surface area contributed by atoms with Crippen LogP contribution in [0.15, 0.2) is 60.8 Å². The number of pyridine rings is 1. The highest BCUT2D eigenvalue weighted by Gasteiger charge is 2.23. The number of benzene rings is 2. The molecule has 0 atom stereocenters. The molecule has 0 spiro atoms. The van der Waals surface area contributed by atoms with Crippen LogP contribution in [0.3, 0.4) is 0 Å². The van der Waals surface area contributed by atoms with E-state index in [2.05, 4.69) is 37.9 Å². The van der Waals surface area contributed by atoms with E-state index in [1.807, 2.05) is 42.5 Å². The monoisotopic (exact) mass is 459 g/mol. The lowest BCUT2D eigenvalue weighted by molar-refractivity contribution is 0.0984. The lowest BCUT2D eigenvalue weighted by Gasteiger charge is -2.20. The number of carbonyl (C=O) groups is 1. The highest BCUT2D eigenvalue weighted by atomic mass is 32.1. The van der Waals surface area contributed by atoms with Gasteiger partial charge >= 0.3 is 0 Å². The molecule has 0 bridgehead atoms. The maximum atomic E-state index is 13.6. The number of thiazole rings is 1. The number of hydrogen-bond acceptors (Lipinski definition) is 5. The van der Waals surface area contributed by atoms with Crippen LogP contribution in [0.2, 0.25) is 0 Å². The molecule has 170 valence electrons. The minimum absolute atomic E-state index is 0.105. The number of anilines is 1. The number of hydrogen-bond donors (Lipinski definition) is 0. The smallest absolute Gasteiger partial charge is 0.260 e. The van der Waals surface area contributed by atoms with Crippen molar-refractivity contribution in [2.75, 3.05) is 11.5 Å². The maximum absolute atomic E-state index is 13.6. The zero-order valence-electron chi connectivity index (χ0n) is 19.4. The number of nitrogens with zero attached hydrogens (tertiary/aromatic N) is 3. The molecule has 33 heavy (non-hydrogen) atoms. The van der Waals surface area contributed by atoms with Gasteiger partial charge in [-0.1, -0.05) is 43.2 Å². The largest absolute Gasteiger partial charge is 0.494 e. The van der Waals surface area contributed by atoms with Gasteiger partial charge in [0, 0.05) is 11.8 Å². The Balaban J connectivity index is 1.62. The van der Waals surface area contributed by atoms with Crippen LogP contribution in [0.5, 0.6) is 5.75 Å². The van der Waals surface area contributed by atoms with Crippen molar-refractivity contribution >= 4 is 32.6 Å². The fraction of sp³-hybridized carbons (Fsp3) is 0.296. The first-order valence-corrected chi connectivity index (χ1v) is 12.2. The van der Waals surface area contributed by atoms with Gasteiger partial charge in [-0.2, -0.15) is 0 Å². The Bertz CT molecular complexity index is 1220. The molecule has 1 amide bonds. The molecule has 2 aromatic heterocycles. The molecule has 2 aromatic carbocycles. The average Bonchev–Trinajstić information content (AvgIpc) is 3.25. The normalized spacial score (nSPS) is 11.0. The van der Waals surface area contributed by atoms with Crippen molar-refractivity contribution in [2.45, 2.75) is 46.6 Å². The SMILES string of the molecule is CCCCCOc1ccc(C(=O)N(Cc2ccccn2)c2nc3c(C)cc(C)cc3s2)cc1. The minimum Gasteiger partial charge on any atom is -0.494 e. The summed E-state index contributed by atoms with van der Waals surface area (Å²) in [5, 5.41) is 0.675. The highest BCUT2D eigenvalue weighted by molar-refractivity contribution is 7.22. The van der Waals surface area contributed by atoms with Gasteiger partial charge in [-0.3, -0.25) is 14.7 Å². The summed E-state index contributed by atoms with van der Waals surface area (Å²) in [5.74, 6) is 0.677. The zero-order chi connectivity index (χ0) is 23.2. The second kappa shape index (κ2) is 10.6. The quantitative estimate of drug-likeness (QED) is 0.261. The second-order valence-electron chi connectivity index (χ2n) is 8.22. The van der Waals surface area contributed by atoms with E-state index in [0.717, 1.165) is 46.5 Å². The average molecular weight is 460 g/mol. The molecule has 5 nitrogen and oxygen atoms in total. The fourth-order valence-corrected chi connectivity index (χ4v) is 4.89. The van der Waals surface area contributed by atoms with Crippen LogP contribution in [0.4, 0.5) is 5.13 Å². The van der Waals surface area contributed by atoms with Gasteiger partial charge in [-0.05, 0) is 73.9 Å². The predicted molar refractivity (Wildman–Crippen MR) is 135 cm³/mol. The molecule has 0 aliphatic heterocycles. The highest BCUT2D eigenvalue weighted by Crippen LogP contribution is 2.33. The van der Waals surface area contributed by atoms with Gasteiger partial charge in [0.15, 0.2) is 5.13 Å². The molecule has 4 aromatic rings.